The van der Waals surface area contributed by atoms with Gasteiger partial charge in [0.05, 0.1) is 16.1 Å². The van der Waals surface area contributed by atoms with Crippen molar-refractivity contribution in [2.75, 3.05) is 0 Å². The van der Waals surface area contributed by atoms with Crippen molar-refractivity contribution in [3.05, 3.63) is 33.8 Å². The molecule has 15 heavy (non-hydrogen) atoms. The Morgan fingerprint density at radius 2 is 2.00 bits per heavy atom. The number of rotatable bonds is 1. The fraction of sp³-hybridized carbons (Fsp3) is 0.500. The van der Waals surface area contributed by atoms with E-state index in [1.165, 1.54) is 0 Å². The summed E-state index contributed by atoms with van der Waals surface area (Å²) in [5.41, 5.74) is 0.952. The summed E-state index contributed by atoms with van der Waals surface area (Å²) in [5, 5.41) is 10.9. The molecule has 1 aromatic rings. The molecule has 3 heteroatoms. The molecule has 0 aromatic heterocycles. The summed E-state index contributed by atoms with van der Waals surface area (Å²) < 4.78 is 0. The van der Waals surface area contributed by atoms with E-state index in [9.17, 15) is 5.11 Å². The molecule has 2 rings (SSSR count). The minimum absolute atomic E-state index is 0.103. The van der Waals surface area contributed by atoms with Gasteiger partial charge in [-0.05, 0) is 29.4 Å². The molecule has 1 nitrogen and oxygen atoms in total. The second-order valence-corrected chi connectivity index (χ2v) is 5.55. The van der Waals surface area contributed by atoms with Crippen LogP contribution >= 0.6 is 23.2 Å². The van der Waals surface area contributed by atoms with Crippen LogP contribution in [0.4, 0.5) is 0 Å². The third-order valence-electron chi connectivity index (χ3n) is 3.57. The maximum atomic E-state index is 9.69. The second-order valence-electron chi connectivity index (χ2n) is 4.77. The van der Waals surface area contributed by atoms with Gasteiger partial charge in [-0.3, -0.25) is 0 Å². The summed E-state index contributed by atoms with van der Waals surface area (Å²) in [6.07, 6.45) is 0.533. The number of aliphatic hydroxyl groups excluding tert-OH is 1. The Kier molecular flexibility index (Phi) is 2.74. The van der Waals surface area contributed by atoms with Crippen LogP contribution in [0.1, 0.15) is 31.7 Å². The number of aliphatic hydroxyl groups is 1. The third-order valence-corrected chi connectivity index (χ3v) is 4.41. The van der Waals surface area contributed by atoms with E-state index in [4.69, 9.17) is 23.2 Å². The third kappa shape index (κ3) is 1.67. The van der Waals surface area contributed by atoms with Gasteiger partial charge in [0.15, 0.2) is 0 Å². The lowest BCUT2D eigenvalue weighted by molar-refractivity contribution is -0.0625. The van der Waals surface area contributed by atoms with Gasteiger partial charge in [-0.1, -0.05) is 49.2 Å². The number of hydrogen-bond acceptors (Lipinski definition) is 1. The molecule has 0 amide bonds. The van der Waals surface area contributed by atoms with Crippen molar-refractivity contribution in [1.82, 2.24) is 0 Å². The summed E-state index contributed by atoms with van der Waals surface area (Å²) in [5.74, 6) is 0.304. The molecule has 1 aromatic carbocycles. The zero-order chi connectivity index (χ0) is 11.2. The zero-order valence-electron chi connectivity index (χ0n) is 8.80. The van der Waals surface area contributed by atoms with Gasteiger partial charge in [0.1, 0.15) is 0 Å². The fourth-order valence-corrected chi connectivity index (χ4v) is 2.66. The van der Waals surface area contributed by atoms with Crippen molar-refractivity contribution in [3.8, 4) is 0 Å². The molecule has 1 N–H and O–H groups in total. The smallest absolute Gasteiger partial charge is 0.0627 e. The molecule has 0 spiro atoms. The van der Waals surface area contributed by atoms with E-state index < -0.39 is 0 Å². The zero-order valence-corrected chi connectivity index (χ0v) is 10.3. The standard InChI is InChI=1S/C12H14Cl2O/c1-12(2)8(6-10(12)15)7-4-3-5-9(13)11(7)14/h3-5,8,10,15H,6H2,1-2H3. The lowest BCUT2D eigenvalue weighted by atomic mass is 9.58. The summed E-state index contributed by atoms with van der Waals surface area (Å²) in [4.78, 5) is 0. The fourth-order valence-electron chi connectivity index (χ4n) is 2.22. The van der Waals surface area contributed by atoms with E-state index in [1.54, 1.807) is 6.07 Å². The lowest BCUT2D eigenvalue weighted by Gasteiger charge is -2.50. The summed E-state index contributed by atoms with van der Waals surface area (Å²) in [7, 11) is 0. The normalized spacial score (nSPS) is 28.6. The van der Waals surface area contributed by atoms with Crippen LogP contribution in [0.25, 0.3) is 0 Å². The predicted molar refractivity (Wildman–Crippen MR) is 63.6 cm³/mol. The molecule has 1 fully saturated rings. The molecule has 1 aliphatic rings. The molecule has 0 heterocycles. The van der Waals surface area contributed by atoms with E-state index in [1.807, 2.05) is 12.1 Å². The molecule has 0 bridgehead atoms. The molecule has 0 aliphatic heterocycles. The van der Waals surface area contributed by atoms with Gasteiger partial charge in [0, 0.05) is 0 Å². The number of halogens is 2. The Morgan fingerprint density at radius 3 is 2.53 bits per heavy atom. The molecular weight excluding hydrogens is 231 g/mol. The Morgan fingerprint density at radius 1 is 1.33 bits per heavy atom. The molecule has 2 unspecified atom stereocenters. The van der Waals surface area contributed by atoms with E-state index in [0.717, 1.165) is 12.0 Å². The van der Waals surface area contributed by atoms with Crippen molar-refractivity contribution >= 4 is 23.2 Å². The van der Waals surface area contributed by atoms with Gasteiger partial charge in [0.2, 0.25) is 0 Å². The molecule has 1 saturated carbocycles. The molecule has 0 radical (unpaired) electrons. The number of hydrogen-bond donors (Lipinski definition) is 1. The highest BCUT2D eigenvalue weighted by Gasteiger charge is 2.48. The minimum Gasteiger partial charge on any atom is -0.393 e. The molecular formula is C12H14Cl2O. The van der Waals surface area contributed by atoms with Gasteiger partial charge < -0.3 is 5.11 Å². The van der Waals surface area contributed by atoms with Gasteiger partial charge in [0.25, 0.3) is 0 Å². The van der Waals surface area contributed by atoms with Crippen molar-refractivity contribution in [2.45, 2.75) is 32.3 Å². The first kappa shape index (κ1) is 11.3. The highest BCUT2D eigenvalue weighted by Crippen LogP contribution is 2.54. The molecule has 82 valence electrons. The van der Waals surface area contributed by atoms with Crippen LogP contribution < -0.4 is 0 Å². The first-order chi connectivity index (χ1) is 6.94. The minimum atomic E-state index is -0.238. The first-order valence-corrected chi connectivity index (χ1v) is 5.82. The van der Waals surface area contributed by atoms with Gasteiger partial charge in [-0.15, -0.1) is 0 Å². The SMILES string of the molecule is CC1(C)C(O)CC1c1cccc(Cl)c1Cl. The second kappa shape index (κ2) is 3.65. The summed E-state index contributed by atoms with van der Waals surface area (Å²) in [6.45, 7) is 4.12. The Balaban J connectivity index is 2.36. The predicted octanol–water partition coefficient (Wildman–Crippen LogP) is 3.87. The topological polar surface area (TPSA) is 20.2 Å². The average molecular weight is 245 g/mol. The van der Waals surface area contributed by atoms with Gasteiger partial charge >= 0.3 is 0 Å². The maximum absolute atomic E-state index is 9.69. The van der Waals surface area contributed by atoms with Crippen molar-refractivity contribution < 1.29 is 5.11 Å². The van der Waals surface area contributed by atoms with E-state index in [2.05, 4.69) is 13.8 Å². The largest absolute Gasteiger partial charge is 0.393 e. The summed E-state index contributed by atoms with van der Waals surface area (Å²) in [6, 6.07) is 5.69. The summed E-state index contributed by atoms with van der Waals surface area (Å²) >= 11 is 12.1. The highest BCUT2D eigenvalue weighted by atomic mass is 35.5. The van der Waals surface area contributed by atoms with E-state index in [-0.39, 0.29) is 11.5 Å². The monoisotopic (exact) mass is 244 g/mol. The Labute approximate surface area is 100 Å². The van der Waals surface area contributed by atoms with Crippen LogP contribution in [0, 0.1) is 5.41 Å². The van der Waals surface area contributed by atoms with Crippen LogP contribution in [0.2, 0.25) is 10.0 Å². The van der Waals surface area contributed by atoms with Crippen molar-refractivity contribution in [1.29, 1.82) is 0 Å². The van der Waals surface area contributed by atoms with Crippen LogP contribution in [-0.2, 0) is 0 Å². The van der Waals surface area contributed by atoms with Gasteiger partial charge in [-0.2, -0.15) is 0 Å². The molecule has 1 aliphatic carbocycles. The molecule has 2 atom stereocenters. The lowest BCUT2D eigenvalue weighted by Crippen LogP contribution is -2.47. The average Bonchev–Trinajstić information content (AvgIpc) is 2.19. The Bertz CT molecular complexity index is 387. The highest BCUT2D eigenvalue weighted by molar-refractivity contribution is 6.42. The molecule has 0 saturated heterocycles. The van der Waals surface area contributed by atoms with Crippen LogP contribution in [0.5, 0.6) is 0 Å². The van der Waals surface area contributed by atoms with Crippen molar-refractivity contribution in [2.24, 2.45) is 5.41 Å². The Hall–Kier alpha value is -0.240. The van der Waals surface area contributed by atoms with Crippen molar-refractivity contribution in [3.63, 3.8) is 0 Å². The van der Waals surface area contributed by atoms with Crippen LogP contribution in [0.3, 0.4) is 0 Å². The van der Waals surface area contributed by atoms with Gasteiger partial charge in [-0.25, -0.2) is 0 Å². The maximum Gasteiger partial charge on any atom is 0.0627 e. The quantitative estimate of drug-likeness (QED) is 0.796. The van der Waals surface area contributed by atoms with E-state index >= 15 is 0 Å². The first-order valence-electron chi connectivity index (χ1n) is 5.06. The van der Waals surface area contributed by atoms with E-state index in [0.29, 0.717) is 16.0 Å². The number of benzene rings is 1. The van der Waals surface area contributed by atoms with Crippen LogP contribution in [-0.4, -0.2) is 11.2 Å². The van der Waals surface area contributed by atoms with Crippen LogP contribution in [0.15, 0.2) is 18.2 Å².